The minimum atomic E-state index is -4.45. The maximum absolute atomic E-state index is 12.5. The van der Waals surface area contributed by atoms with Gasteiger partial charge < -0.3 is 10.2 Å². The predicted molar refractivity (Wildman–Crippen MR) is 94.3 cm³/mol. The smallest absolute Gasteiger partial charge is 0.325 e. The second kappa shape index (κ2) is 7.78. The van der Waals surface area contributed by atoms with Crippen molar-refractivity contribution in [2.45, 2.75) is 20.0 Å². The Kier molecular flexibility index (Phi) is 5.92. The van der Waals surface area contributed by atoms with E-state index in [1.807, 2.05) is 6.92 Å². The lowest BCUT2D eigenvalue weighted by Gasteiger charge is -2.21. The quantitative estimate of drug-likeness (QED) is 0.833. The van der Waals surface area contributed by atoms with Gasteiger partial charge in [-0.15, -0.1) is 0 Å². The van der Waals surface area contributed by atoms with Gasteiger partial charge in [-0.1, -0.05) is 17.7 Å². The second-order valence-electron chi connectivity index (χ2n) is 5.66. The van der Waals surface area contributed by atoms with Gasteiger partial charge in [-0.05, 0) is 48.9 Å². The topological polar surface area (TPSA) is 49.4 Å². The van der Waals surface area contributed by atoms with Gasteiger partial charge in [-0.2, -0.15) is 13.2 Å². The molecule has 0 atom stereocenters. The molecule has 4 nitrogen and oxygen atoms in total. The van der Waals surface area contributed by atoms with E-state index in [1.165, 1.54) is 11.8 Å². The van der Waals surface area contributed by atoms with Crippen molar-refractivity contribution in [1.29, 1.82) is 0 Å². The molecule has 0 saturated carbocycles. The van der Waals surface area contributed by atoms with Gasteiger partial charge in [-0.3, -0.25) is 9.59 Å². The maximum atomic E-state index is 12.5. The third-order valence-electron chi connectivity index (χ3n) is 3.64. The molecule has 2 aromatic carbocycles. The molecule has 0 aromatic heterocycles. The van der Waals surface area contributed by atoms with Gasteiger partial charge in [0.2, 0.25) is 11.8 Å². The van der Waals surface area contributed by atoms with Crippen LogP contribution >= 0.6 is 11.6 Å². The summed E-state index contributed by atoms with van der Waals surface area (Å²) in [6.07, 6.45) is -4.45. The lowest BCUT2D eigenvalue weighted by Crippen LogP contribution is -2.36. The lowest BCUT2D eigenvalue weighted by atomic mass is 10.2. The molecule has 0 aliphatic carbocycles. The van der Waals surface area contributed by atoms with Crippen LogP contribution in [0.25, 0.3) is 0 Å². The standard InChI is InChI=1S/C18H16ClF3N2O2/c1-11-3-8-15(9-16(11)19)24(12(2)25)10-17(26)23-14-6-4-13(5-7-14)18(20,21)22/h3-9H,10H2,1-2H3,(H,23,26). The summed E-state index contributed by atoms with van der Waals surface area (Å²) in [5, 5.41) is 2.92. The van der Waals surface area contributed by atoms with Crippen LogP contribution in [0.15, 0.2) is 42.5 Å². The monoisotopic (exact) mass is 384 g/mol. The van der Waals surface area contributed by atoms with Gasteiger partial charge in [0.25, 0.3) is 0 Å². The summed E-state index contributed by atoms with van der Waals surface area (Å²) in [6, 6.07) is 9.01. The van der Waals surface area contributed by atoms with Crippen LogP contribution in [-0.4, -0.2) is 18.4 Å². The number of halogens is 4. The third kappa shape index (κ3) is 4.98. The third-order valence-corrected chi connectivity index (χ3v) is 4.05. The minimum Gasteiger partial charge on any atom is -0.325 e. The number of anilines is 2. The van der Waals surface area contributed by atoms with Gasteiger partial charge in [-0.25, -0.2) is 0 Å². The van der Waals surface area contributed by atoms with Crippen molar-refractivity contribution < 1.29 is 22.8 Å². The summed E-state index contributed by atoms with van der Waals surface area (Å²) in [4.78, 5) is 25.3. The number of nitrogens with one attached hydrogen (secondary N) is 1. The number of amides is 2. The molecule has 0 saturated heterocycles. The van der Waals surface area contributed by atoms with E-state index < -0.39 is 17.6 Å². The highest BCUT2D eigenvalue weighted by molar-refractivity contribution is 6.31. The Balaban J connectivity index is 2.10. The molecule has 8 heteroatoms. The summed E-state index contributed by atoms with van der Waals surface area (Å²) >= 11 is 6.05. The molecule has 0 unspecified atom stereocenters. The van der Waals surface area contributed by atoms with Crippen LogP contribution in [0.2, 0.25) is 5.02 Å². The SMILES string of the molecule is CC(=O)N(CC(=O)Nc1ccc(C(F)(F)F)cc1)c1ccc(C)c(Cl)c1. The van der Waals surface area contributed by atoms with Gasteiger partial charge in [0, 0.05) is 23.3 Å². The zero-order valence-electron chi connectivity index (χ0n) is 14.0. The van der Waals surface area contributed by atoms with E-state index in [9.17, 15) is 22.8 Å². The molecule has 0 bridgehead atoms. The van der Waals surface area contributed by atoms with Crippen molar-refractivity contribution in [3.05, 3.63) is 58.6 Å². The molecule has 0 fully saturated rings. The summed E-state index contributed by atoms with van der Waals surface area (Å²) in [6.45, 7) is 2.82. The Morgan fingerprint density at radius 3 is 2.23 bits per heavy atom. The molecule has 2 amide bonds. The Hall–Kier alpha value is -2.54. The molecule has 0 radical (unpaired) electrons. The first kappa shape index (κ1) is 19.8. The number of hydrogen-bond donors (Lipinski definition) is 1. The average molecular weight is 385 g/mol. The van der Waals surface area contributed by atoms with Crippen LogP contribution in [0, 0.1) is 6.92 Å². The molecule has 2 rings (SSSR count). The molecule has 0 spiro atoms. The number of hydrogen-bond acceptors (Lipinski definition) is 2. The zero-order chi connectivity index (χ0) is 19.5. The molecule has 0 aliphatic rings. The average Bonchev–Trinajstić information content (AvgIpc) is 2.55. The molecule has 138 valence electrons. The highest BCUT2D eigenvalue weighted by atomic mass is 35.5. The number of carbonyl (C=O) groups is 2. The first-order valence-electron chi connectivity index (χ1n) is 7.59. The number of benzene rings is 2. The van der Waals surface area contributed by atoms with E-state index in [0.29, 0.717) is 10.7 Å². The largest absolute Gasteiger partial charge is 0.416 e. The molecular formula is C18H16ClF3N2O2. The molecule has 0 heterocycles. The minimum absolute atomic E-state index is 0.202. The number of rotatable bonds is 4. The Morgan fingerprint density at radius 2 is 1.73 bits per heavy atom. The fourth-order valence-electron chi connectivity index (χ4n) is 2.22. The van der Waals surface area contributed by atoms with Crippen LogP contribution in [0.1, 0.15) is 18.1 Å². The molecule has 26 heavy (non-hydrogen) atoms. The van der Waals surface area contributed by atoms with Crippen molar-refractivity contribution in [2.24, 2.45) is 0 Å². The highest BCUT2D eigenvalue weighted by Gasteiger charge is 2.30. The maximum Gasteiger partial charge on any atom is 0.416 e. The fourth-order valence-corrected chi connectivity index (χ4v) is 2.40. The van der Waals surface area contributed by atoms with E-state index in [2.05, 4.69) is 5.32 Å². The van der Waals surface area contributed by atoms with Crippen LogP contribution in [0.5, 0.6) is 0 Å². The predicted octanol–water partition coefficient (Wildman–Crippen LogP) is 4.66. The van der Waals surface area contributed by atoms with Crippen molar-refractivity contribution >= 4 is 34.8 Å². The van der Waals surface area contributed by atoms with Gasteiger partial charge in [0.15, 0.2) is 0 Å². The fraction of sp³-hybridized carbons (Fsp3) is 0.222. The van der Waals surface area contributed by atoms with E-state index >= 15 is 0 Å². The summed E-state index contributed by atoms with van der Waals surface area (Å²) in [5.74, 6) is -0.913. The molecule has 2 aromatic rings. The summed E-state index contributed by atoms with van der Waals surface area (Å²) in [7, 11) is 0. The van der Waals surface area contributed by atoms with E-state index in [-0.39, 0.29) is 18.1 Å². The van der Waals surface area contributed by atoms with E-state index in [0.717, 1.165) is 29.8 Å². The zero-order valence-corrected chi connectivity index (χ0v) is 14.8. The van der Waals surface area contributed by atoms with Gasteiger partial charge in [0.1, 0.15) is 6.54 Å². The van der Waals surface area contributed by atoms with Crippen LogP contribution in [0.4, 0.5) is 24.5 Å². The van der Waals surface area contributed by atoms with Crippen molar-refractivity contribution in [3.8, 4) is 0 Å². The molecule has 1 N–H and O–H groups in total. The van der Waals surface area contributed by atoms with Crippen LogP contribution < -0.4 is 10.2 Å². The van der Waals surface area contributed by atoms with E-state index in [1.54, 1.807) is 18.2 Å². The van der Waals surface area contributed by atoms with Crippen molar-refractivity contribution in [3.63, 3.8) is 0 Å². The molecular weight excluding hydrogens is 369 g/mol. The Morgan fingerprint density at radius 1 is 1.12 bits per heavy atom. The lowest BCUT2D eigenvalue weighted by molar-refractivity contribution is -0.137. The number of carbonyl (C=O) groups excluding carboxylic acids is 2. The first-order chi connectivity index (χ1) is 12.1. The molecule has 0 aliphatic heterocycles. The normalized spacial score (nSPS) is 11.2. The highest BCUT2D eigenvalue weighted by Crippen LogP contribution is 2.30. The Bertz CT molecular complexity index is 820. The number of aryl methyl sites for hydroxylation is 1. The van der Waals surface area contributed by atoms with Gasteiger partial charge >= 0.3 is 6.18 Å². The second-order valence-corrected chi connectivity index (χ2v) is 6.07. The number of nitrogens with zero attached hydrogens (tertiary/aromatic N) is 1. The first-order valence-corrected chi connectivity index (χ1v) is 7.97. The van der Waals surface area contributed by atoms with Crippen LogP contribution in [0.3, 0.4) is 0 Å². The van der Waals surface area contributed by atoms with Crippen molar-refractivity contribution in [1.82, 2.24) is 0 Å². The summed E-state index contributed by atoms with van der Waals surface area (Å²) < 4.78 is 37.6. The van der Waals surface area contributed by atoms with E-state index in [4.69, 9.17) is 11.6 Å². The van der Waals surface area contributed by atoms with Crippen molar-refractivity contribution in [2.75, 3.05) is 16.8 Å². The summed E-state index contributed by atoms with van der Waals surface area (Å²) in [5.41, 5.74) is 0.674. The van der Waals surface area contributed by atoms with Gasteiger partial charge in [0.05, 0.1) is 5.56 Å². The van der Waals surface area contributed by atoms with Crippen LogP contribution in [-0.2, 0) is 15.8 Å². The number of alkyl halides is 3. The Labute approximate surface area is 153 Å².